The lowest BCUT2D eigenvalue weighted by molar-refractivity contribution is -0.135. The number of benzene rings is 2. The molecular weight excluding hydrogens is 369 g/mol. The van der Waals surface area contributed by atoms with Crippen LogP contribution in [0.15, 0.2) is 69.8 Å². The molecule has 0 saturated carbocycles. The zero-order valence-electron chi connectivity index (χ0n) is 14.6. The van der Waals surface area contributed by atoms with Crippen LogP contribution in [-0.4, -0.2) is 30.3 Å². The van der Waals surface area contributed by atoms with Gasteiger partial charge in [-0.15, -0.1) is 0 Å². The second kappa shape index (κ2) is 8.09. The van der Waals surface area contributed by atoms with Crippen LogP contribution in [0.4, 0.5) is 10.1 Å². The predicted octanol–water partition coefficient (Wildman–Crippen LogP) is 4.64. The van der Waals surface area contributed by atoms with Crippen molar-refractivity contribution in [1.29, 1.82) is 0 Å². The maximum Gasteiger partial charge on any atom is 0.344 e. The van der Waals surface area contributed by atoms with E-state index < -0.39 is 5.97 Å². The van der Waals surface area contributed by atoms with Gasteiger partial charge < -0.3 is 14.6 Å². The van der Waals surface area contributed by atoms with Gasteiger partial charge in [-0.25, -0.2) is 14.2 Å². The third kappa shape index (κ3) is 4.03. The number of nitrogens with zero attached hydrogens (tertiary/aromatic N) is 1. The topological polar surface area (TPSA) is 68.1 Å². The Labute approximate surface area is 159 Å². The van der Waals surface area contributed by atoms with Crippen molar-refractivity contribution in [1.82, 2.24) is 0 Å². The summed E-state index contributed by atoms with van der Waals surface area (Å²) in [5.41, 5.74) is 1.15. The summed E-state index contributed by atoms with van der Waals surface area (Å²) in [6.45, 7) is 0. The SMILES string of the molecule is COC(=O)C1=C(O)C(=Cc2ccccc2OC)SC1=Nc1ccc(F)cc1. The van der Waals surface area contributed by atoms with Crippen molar-refractivity contribution in [2.24, 2.45) is 4.99 Å². The second-order valence-corrected chi connectivity index (χ2v) is 6.49. The molecule has 1 heterocycles. The number of carbonyl (C=O) groups excluding carboxylic acids is 1. The van der Waals surface area contributed by atoms with Crippen LogP contribution in [0.2, 0.25) is 0 Å². The number of rotatable bonds is 4. The standard InChI is InChI=1S/C20H16FNO4S/c1-25-15-6-4-3-5-12(15)11-16-18(23)17(20(24)26-2)19(27-16)22-14-9-7-13(21)8-10-14/h3-11,23H,1-2H3. The number of aliphatic hydroxyl groups excluding tert-OH is 1. The van der Waals surface area contributed by atoms with Crippen molar-refractivity contribution in [3.63, 3.8) is 0 Å². The molecule has 0 fully saturated rings. The minimum atomic E-state index is -0.704. The average Bonchev–Trinajstić information content (AvgIpc) is 2.98. The number of aliphatic imine (C=N–C) groups is 1. The zero-order chi connectivity index (χ0) is 19.4. The molecule has 0 atom stereocenters. The Bertz CT molecular complexity index is 964. The van der Waals surface area contributed by atoms with Crippen LogP contribution in [0.25, 0.3) is 6.08 Å². The molecule has 0 spiro atoms. The molecule has 3 rings (SSSR count). The average molecular weight is 385 g/mol. The number of hydrogen-bond donors (Lipinski definition) is 1. The Hall–Kier alpha value is -3.06. The molecular formula is C20H16FNO4S. The molecule has 138 valence electrons. The van der Waals surface area contributed by atoms with Crippen molar-refractivity contribution in [3.05, 3.63) is 76.1 Å². The van der Waals surface area contributed by atoms with Gasteiger partial charge in [-0.05, 0) is 36.4 Å². The minimum Gasteiger partial charge on any atom is -0.506 e. The highest BCUT2D eigenvalue weighted by molar-refractivity contribution is 8.18. The number of halogens is 1. The van der Waals surface area contributed by atoms with Crippen LogP contribution in [0.5, 0.6) is 5.75 Å². The number of ether oxygens (including phenoxy) is 2. The lowest BCUT2D eigenvalue weighted by Crippen LogP contribution is -2.10. The van der Waals surface area contributed by atoms with E-state index in [9.17, 15) is 14.3 Å². The van der Waals surface area contributed by atoms with Crippen LogP contribution >= 0.6 is 11.8 Å². The molecule has 7 heteroatoms. The van der Waals surface area contributed by atoms with Gasteiger partial charge in [0.25, 0.3) is 0 Å². The van der Waals surface area contributed by atoms with E-state index in [0.717, 1.165) is 17.3 Å². The van der Waals surface area contributed by atoms with Gasteiger partial charge in [0.2, 0.25) is 0 Å². The van der Waals surface area contributed by atoms with E-state index in [2.05, 4.69) is 4.99 Å². The zero-order valence-corrected chi connectivity index (χ0v) is 15.4. The first kappa shape index (κ1) is 18.7. The summed E-state index contributed by atoms with van der Waals surface area (Å²) in [7, 11) is 2.78. The van der Waals surface area contributed by atoms with E-state index in [1.165, 1.54) is 31.4 Å². The molecule has 27 heavy (non-hydrogen) atoms. The highest BCUT2D eigenvalue weighted by atomic mass is 32.2. The highest BCUT2D eigenvalue weighted by Gasteiger charge is 2.33. The van der Waals surface area contributed by atoms with E-state index in [0.29, 0.717) is 16.3 Å². The number of para-hydroxylation sites is 1. The van der Waals surface area contributed by atoms with Crippen LogP contribution in [0, 0.1) is 5.82 Å². The number of carbonyl (C=O) groups is 1. The van der Waals surface area contributed by atoms with E-state index in [1.807, 2.05) is 18.2 Å². The summed E-state index contributed by atoms with van der Waals surface area (Å²) in [5.74, 6) is -0.689. The molecule has 0 amide bonds. The largest absolute Gasteiger partial charge is 0.506 e. The normalized spacial score (nSPS) is 16.9. The summed E-state index contributed by atoms with van der Waals surface area (Å²) in [5, 5.41) is 10.8. The Balaban J connectivity index is 2.06. The van der Waals surface area contributed by atoms with Crippen LogP contribution in [0.3, 0.4) is 0 Å². The summed E-state index contributed by atoms with van der Waals surface area (Å²) >= 11 is 1.12. The maximum absolute atomic E-state index is 13.1. The molecule has 0 saturated heterocycles. The molecule has 0 radical (unpaired) electrons. The van der Waals surface area contributed by atoms with Crippen LogP contribution in [-0.2, 0) is 9.53 Å². The van der Waals surface area contributed by atoms with Gasteiger partial charge >= 0.3 is 5.97 Å². The third-order valence-electron chi connectivity index (χ3n) is 3.76. The van der Waals surface area contributed by atoms with Gasteiger partial charge in [0.05, 0.1) is 24.8 Å². The minimum absolute atomic E-state index is 0.0343. The predicted molar refractivity (Wildman–Crippen MR) is 104 cm³/mol. The van der Waals surface area contributed by atoms with Gasteiger partial charge in [-0.2, -0.15) is 0 Å². The molecule has 0 aliphatic carbocycles. The van der Waals surface area contributed by atoms with E-state index in [1.54, 1.807) is 19.3 Å². The number of methoxy groups -OCH3 is 2. The van der Waals surface area contributed by atoms with Crippen molar-refractivity contribution in [3.8, 4) is 5.75 Å². The van der Waals surface area contributed by atoms with Crippen LogP contribution in [0.1, 0.15) is 5.56 Å². The van der Waals surface area contributed by atoms with Gasteiger partial charge in [-0.3, -0.25) is 0 Å². The molecule has 2 aromatic rings. The monoisotopic (exact) mass is 385 g/mol. The fourth-order valence-electron chi connectivity index (χ4n) is 2.45. The quantitative estimate of drug-likeness (QED) is 0.777. The number of thioether (sulfide) groups is 1. The smallest absolute Gasteiger partial charge is 0.344 e. The molecule has 1 N–H and O–H groups in total. The third-order valence-corrected chi connectivity index (χ3v) is 4.78. The van der Waals surface area contributed by atoms with E-state index in [4.69, 9.17) is 9.47 Å². The molecule has 5 nitrogen and oxygen atoms in total. The molecule has 2 aromatic carbocycles. The Morgan fingerprint density at radius 2 is 1.85 bits per heavy atom. The fraction of sp³-hybridized carbons (Fsp3) is 0.100. The Morgan fingerprint density at radius 1 is 1.15 bits per heavy atom. The summed E-state index contributed by atoms with van der Waals surface area (Å²) in [6, 6.07) is 12.8. The number of hydrogen-bond acceptors (Lipinski definition) is 6. The first-order valence-electron chi connectivity index (χ1n) is 7.92. The lowest BCUT2D eigenvalue weighted by atomic mass is 10.1. The molecule has 0 unspecified atom stereocenters. The first-order valence-corrected chi connectivity index (χ1v) is 8.74. The highest BCUT2D eigenvalue weighted by Crippen LogP contribution is 2.41. The fourth-order valence-corrected chi connectivity index (χ4v) is 3.48. The molecule has 1 aliphatic heterocycles. The van der Waals surface area contributed by atoms with Gasteiger partial charge in [0.15, 0.2) is 0 Å². The van der Waals surface area contributed by atoms with Crippen molar-refractivity contribution < 1.29 is 23.8 Å². The lowest BCUT2D eigenvalue weighted by Gasteiger charge is -2.05. The maximum atomic E-state index is 13.1. The van der Waals surface area contributed by atoms with Gasteiger partial charge in [-0.1, -0.05) is 30.0 Å². The van der Waals surface area contributed by atoms with Gasteiger partial charge in [0.1, 0.15) is 27.9 Å². The second-order valence-electron chi connectivity index (χ2n) is 5.46. The first-order chi connectivity index (χ1) is 13.0. The Morgan fingerprint density at radius 3 is 2.52 bits per heavy atom. The Kier molecular flexibility index (Phi) is 5.61. The van der Waals surface area contributed by atoms with Gasteiger partial charge in [0, 0.05) is 5.56 Å². The molecule has 0 bridgehead atoms. The van der Waals surface area contributed by atoms with Crippen molar-refractivity contribution >= 4 is 34.5 Å². The van der Waals surface area contributed by atoms with Crippen molar-refractivity contribution in [2.45, 2.75) is 0 Å². The summed E-state index contributed by atoms with van der Waals surface area (Å²) in [6.07, 6.45) is 1.70. The molecule has 1 aliphatic rings. The number of aliphatic hydroxyl groups is 1. The summed E-state index contributed by atoms with van der Waals surface area (Å²) < 4.78 is 23.2. The molecule has 0 aromatic heterocycles. The summed E-state index contributed by atoms with van der Waals surface area (Å²) in [4.78, 5) is 16.9. The van der Waals surface area contributed by atoms with E-state index in [-0.39, 0.29) is 22.2 Å². The van der Waals surface area contributed by atoms with Crippen LogP contribution < -0.4 is 4.74 Å². The van der Waals surface area contributed by atoms with E-state index >= 15 is 0 Å². The number of esters is 1. The van der Waals surface area contributed by atoms with Crippen molar-refractivity contribution in [2.75, 3.05) is 14.2 Å².